The average Bonchev–Trinajstić information content (AvgIpc) is 3.29. The van der Waals surface area contributed by atoms with Crippen molar-refractivity contribution in [1.29, 1.82) is 0 Å². The highest BCUT2D eigenvalue weighted by Gasteiger charge is 2.26. The fourth-order valence-electron chi connectivity index (χ4n) is 3.79. The van der Waals surface area contributed by atoms with Gasteiger partial charge in [0.1, 0.15) is 11.6 Å². The fourth-order valence-corrected chi connectivity index (χ4v) is 4.53. The Morgan fingerprint density at radius 1 is 1.07 bits per heavy atom. The van der Waals surface area contributed by atoms with E-state index in [0.717, 1.165) is 50.4 Å². The number of anilines is 1. The summed E-state index contributed by atoms with van der Waals surface area (Å²) in [6.45, 7) is 5.44. The Hall–Kier alpha value is -2.55. The van der Waals surface area contributed by atoms with Crippen LogP contribution >= 0.6 is 11.3 Å². The van der Waals surface area contributed by atoms with Gasteiger partial charge in [0.15, 0.2) is 0 Å². The van der Waals surface area contributed by atoms with E-state index >= 15 is 0 Å². The van der Waals surface area contributed by atoms with Crippen molar-refractivity contribution >= 4 is 17.3 Å². The molecule has 1 saturated heterocycles. The first kappa shape index (κ1) is 19.4. The number of benzene rings is 1. The molecule has 0 radical (unpaired) electrons. The molecule has 2 aromatic heterocycles. The Balaban J connectivity index is 1.46. The maximum Gasteiger partial charge on any atom is 0.229 e. The Labute approximate surface area is 178 Å². The largest absolute Gasteiger partial charge is 0.438 e. The van der Waals surface area contributed by atoms with Gasteiger partial charge in [0.05, 0.1) is 24.5 Å². The molecular formula is C22H23FN4O2S. The highest BCUT2D eigenvalue weighted by molar-refractivity contribution is 7.09. The number of nitrogens with zero attached hydrogens (tertiary/aromatic N) is 4. The maximum absolute atomic E-state index is 13.3. The fraction of sp³-hybridized carbons (Fsp3) is 0.364. The van der Waals surface area contributed by atoms with Crippen LogP contribution < -0.4 is 9.64 Å². The minimum absolute atomic E-state index is 0.289. The quantitative estimate of drug-likeness (QED) is 0.618. The molecule has 1 aromatic carbocycles. The third kappa shape index (κ3) is 4.30. The zero-order chi connectivity index (χ0) is 20.3. The number of hydrogen-bond donors (Lipinski definition) is 0. The SMILES string of the molecule is Fc1ccc(Oc2nc(N3CCOCC3)nc3c2CN(Cc2cccs2)CC3)cc1. The molecule has 30 heavy (non-hydrogen) atoms. The van der Waals surface area contributed by atoms with Gasteiger partial charge in [0.2, 0.25) is 11.8 Å². The van der Waals surface area contributed by atoms with E-state index < -0.39 is 0 Å². The lowest BCUT2D eigenvalue weighted by molar-refractivity contribution is 0.122. The van der Waals surface area contributed by atoms with Gasteiger partial charge in [-0.05, 0) is 35.7 Å². The van der Waals surface area contributed by atoms with Gasteiger partial charge in [-0.3, -0.25) is 4.90 Å². The first-order chi connectivity index (χ1) is 14.7. The van der Waals surface area contributed by atoms with Gasteiger partial charge < -0.3 is 14.4 Å². The van der Waals surface area contributed by atoms with E-state index in [1.54, 1.807) is 23.5 Å². The summed E-state index contributed by atoms with van der Waals surface area (Å²) >= 11 is 1.77. The van der Waals surface area contributed by atoms with E-state index in [-0.39, 0.29) is 5.82 Å². The molecule has 156 valence electrons. The molecule has 0 amide bonds. The molecule has 0 spiro atoms. The van der Waals surface area contributed by atoms with Crippen LogP contribution in [0.25, 0.3) is 0 Å². The van der Waals surface area contributed by atoms with Crippen LogP contribution in [-0.4, -0.2) is 47.7 Å². The lowest BCUT2D eigenvalue weighted by atomic mass is 10.1. The molecule has 2 aliphatic rings. The molecule has 0 unspecified atom stereocenters. The lowest BCUT2D eigenvalue weighted by Gasteiger charge is -2.31. The van der Waals surface area contributed by atoms with Crippen LogP contribution in [0.15, 0.2) is 41.8 Å². The first-order valence-electron chi connectivity index (χ1n) is 10.2. The van der Waals surface area contributed by atoms with Crippen molar-refractivity contribution in [3.8, 4) is 11.6 Å². The zero-order valence-corrected chi connectivity index (χ0v) is 17.4. The topological polar surface area (TPSA) is 50.7 Å². The van der Waals surface area contributed by atoms with Crippen molar-refractivity contribution in [2.75, 3.05) is 37.7 Å². The van der Waals surface area contributed by atoms with Crippen LogP contribution in [0.2, 0.25) is 0 Å². The summed E-state index contributed by atoms with van der Waals surface area (Å²) in [6.07, 6.45) is 0.848. The Morgan fingerprint density at radius 2 is 1.90 bits per heavy atom. The smallest absolute Gasteiger partial charge is 0.229 e. The van der Waals surface area contributed by atoms with E-state index in [0.29, 0.717) is 30.8 Å². The van der Waals surface area contributed by atoms with Gasteiger partial charge in [-0.25, -0.2) is 9.37 Å². The van der Waals surface area contributed by atoms with Crippen LogP contribution in [0.3, 0.4) is 0 Å². The summed E-state index contributed by atoms with van der Waals surface area (Å²) in [6, 6.07) is 10.3. The molecule has 3 aromatic rings. The molecule has 0 saturated carbocycles. The second-order valence-corrected chi connectivity index (χ2v) is 8.48. The van der Waals surface area contributed by atoms with Gasteiger partial charge in [0.25, 0.3) is 0 Å². The number of fused-ring (bicyclic) bond motifs is 1. The molecule has 0 bridgehead atoms. The van der Waals surface area contributed by atoms with Crippen molar-refractivity contribution in [3.05, 3.63) is 63.7 Å². The lowest BCUT2D eigenvalue weighted by Crippen LogP contribution is -2.38. The summed E-state index contributed by atoms with van der Waals surface area (Å²) < 4.78 is 24.9. The minimum atomic E-state index is -0.289. The molecule has 2 aliphatic heterocycles. The first-order valence-corrected chi connectivity index (χ1v) is 11.0. The normalized spacial score (nSPS) is 17.0. The molecule has 4 heterocycles. The van der Waals surface area contributed by atoms with Gasteiger partial charge >= 0.3 is 0 Å². The highest BCUT2D eigenvalue weighted by atomic mass is 32.1. The molecular weight excluding hydrogens is 403 g/mol. The second-order valence-electron chi connectivity index (χ2n) is 7.45. The van der Waals surface area contributed by atoms with E-state index in [4.69, 9.17) is 19.4 Å². The van der Waals surface area contributed by atoms with Gasteiger partial charge in [-0.15, -0.1) is 11.3 Å². The van der Waals surface area contributed by atoms with Crippen molar-refractivity contribution in [2.24, 2.45) is 0 Å². The number of thiophene rings is 1. The number of rotatable bonds is 5. The molecule has 5 rings (SSSR count). The summed E-state index contributed by atoms with van der Waals surface area (Å²) in [5, 5.41) is 2.11. The summed E-state index contributed by atoms with van der Waals surface area (Å²) in [7, 11) is 0. The number of aromatic nitrogens is 2. The molecule has 0 atom stereocenters. The van der Waals surface area contributed by atoms with Crippen molar-refractivity contribution in [3.63, 3.8) is 0 Å². The van der Waals surface area contributed by atoms with Crippen molar-refractivity contribution < 1.29 is 13.9 Å². The standard InChI is InChI=1S/C22H23FN4O2S/c23-16-3-5-17(6-4-16)29-21-19-15-26(14-18-2-1-13-30-18)8-7-20(19)24-22(25-21)27-9-11-28-12-10-27/h1-6,13H,7-12,14-15H2. The summed E-state index contributed by atoms with van der Waals surface area (Å²) in [5.41, 5.74) is 2.05. The Kier molecular flexibility index (Phi) is 5.61. The molecule has 8 heteroatoms. The van der Waals surface area contributed by atoms with Crippen LogP contribution in [0.4, 0.5) is 10.3 Å². The third-order valence-electron chi connectivity index (χ3n) is 5.37. The number of halogens is 1. The average molecular weight is 427 g/mol. The van der Waals surface area contributed by atoms with Crippen molar-refractivity contribution in [1.82, 2.24) is 14.9 Å². The number of hydrogen-bond acceptors (Lipinski definition) is 7. The number of morpholine rings is 1. The van der Waals surface area contributed by atoms with Crippen LogP contribution in [0.1, 0.15) is 16.1 Å². The Bertz CT molecular complexity index is 991. The number of ether oxygens (including phenoxy) is 2. The Morgan fingerprint density at radius 3 is 2.67 bits per heavy atom. The van der Waals surface area contributed by atoms with Gasteiger partial charge in [0, 0.05) is 44.0 Å². The predicted octanol–water partition coefficient (Wildman–Crippen LogP) is 3.86. The third-order valence-corrected chi connectivity index (χ3v) is 6.23. The highest BCUT2D eigenvalue weighted by Crippen LogP contribution is 2.32. The molecule has 0 N–H and O–H groups in total. The van der Waals surface area contributed by atoms with Gasteiger partial charge in [-0.1, -0.05) is 6.07 Å². The maximum atomic E-state index is 13.3. The van der Waals surface area contributed by atoms with Gasteiger partial charge in [-0.2, -0.15) is 4.98 Å². The monoisotopic (exact) mass is 426 g/mol. The second kappa shape index (κ2) is 8.67. The molecule has 0 aliphatic carbocycles. The predicted molar refractivity (Wildman–Crippen MR) is 114 cm³/mol. The summed E-state index contributed by atoms with van der Waals surface area (Å²) in [4.78, 5) is 15.5. The summed E-state index contributed by atoms with van der Waals surface area (Å²) in [5.74, 6) is 1.52. The zero-order valence-electron chi connectivity index (χ0n) is 16.6. The molecule has 6 nitrogen and oxygen atoms in total. The van der Waals surface area contributed by atoms with E-state index in [2.05, 4.69) is 27.3 Å². The van der Waals surface area contributed by atoms with Crippen LogP contribution in [-0.2, 0) is 24.2 Å². The molecule has 1 fully saturated rings. The van der Waals surface area contributed by atoms with E-state index in [1.807, 2.05) is 0 Å². The minimum Gasteiger partial charge on any atom is -0.438 e. The van der Waals surface area contributed by atoms with Crippen molar-refractivity contribution in [2.45, 2.75) is 19.5 Å². The van der Waals surface area contributed by atoms with Crippen LogP contribution in [0, 0.1) is 5.82 Å². The van der Waals surface area contributed by atoms with E-state index in [9.17, 15) is 4.39 Å². The van der Waals surface area contributed by atoms with Crippen LogP contribution in [0.5, 0.6) is 11.6 Å². The van der Waals surface area contributed by atoms with E-state index in [1.165, 1.54) is 17.0 Å².